The minimum absolute atomic E-state index is 0.181. The van der Waals surface area contributed by atoms with Gasteiger partial charge < -0.3 is 25.7 Å². The van der Waals surface area contributed by atoms with Gasteiger partial charge in [0.2, 0.25) is 0 Å². The van der Waals surface area contributed by atoms with Crippen molar-refractivity contribution in [3.05, 3.63) is 46.2 Å². The van der Waals surface area contributed by atoms with Crippen molar-refractivity contribution in [1.82, 2.24) is 15.5 Å². The van der Waals surface area contributed by atoms with Crippen LogP contribution in [0.2, 0.25) is 0 Å². The van der Waals surface area contributed by atoms with Gasteiger partial charge in [0.15, 0.2) is 12.2 Å². The van der Waals surface area contributed by atoms with Gasteiger partial charge in [-0.1, -0.05) is 36.8 Å². The molecule has 3 atom stereocenters. The summed E-state index contributed by atoms with van der Waals surface area (Å²) in [7, 11) is 1.53. The number of likely N-dealkylation sites (N-methyl/N-ethyl adjacent to an activating group) is 1. The van der Waals surface area contributed by atoms with Crippen molar-refractivity contribution in [2.45, 2.75) is 38.4 Å². The molecule has 4 N–H and O–H groups in total. The second kappa shape index (κ2) is 12.4. The van der Waals surface area contributed by atoms with E-state index in [0.29, 0.717) is 36.7 Å². The third kappa shape index (κ3) is 7.93. The van der Waals surface area contributed by atoms with Gasteiger partial charge in [0, 0.05) is 26.7 Å². The van der Waals surface area contributed by atoms with Crippen molar-refractivity contribution < 1.29 is 24.6 Å². The van der Waals surface area contributed by atoms with Gasteiger partial charge in [-0.05, 0) is 36.6 Å². The first kappa shape index (κ1) is 24.8. The number of nitrogens with one attached hydrogen (secondary N) is 2. The topological polar surface area (TPSA) is 119 Å². The zero-order valence-corrected chi connectivity index (χ0v) is 18.7. The Morgan fingerprint density at radius 1 is 1.23 bits per heavy atom. The molecule has 1 unspecified atom stereocenters. The molecular formula is C22H31N3O5S. The van der Waals surface area contributed by atoms with Crippen LogP contribution in [0, 0.1) is 5.92 Å². The van der Waals surface area contributed by atoms with Crippen LogP contribution in [0.4, 0.5) is 0 Å². The van der Waals surface area contributed by atoms with Crippen LogP contribution in [0.15, 0.2) is 41.3 Å². The normalized spacial score (nSPS) is 17.4. The predicted molar refractivity (Wildman–Crippen MR) is 120 cm³/mol. The van der Waals surface area contributed by atoms with E-state index in [0.717, 1.165) is 12.0 Å². The van der Waals surface area contributed by atoms with Gasteiger partial charge in [0.25, 0.3) is 17.7 Å². The van der Waals surface area contributed by atoms with Crippen molar-refractivity contribution in [3.63, 3.8) is 0 Å². The molecule has 0 radical (unpaired) electrons. The summed E-state index contributed by atoms with van der Waals surface area (Å²) in [4.78, 5) is 38.1. The summed E-state index contributed by atoms with van der Waals surface area (Å²) in [5.41, 5.74) is 1.12. The first-order chi connectivity index (χ1) is 14.8. The number of allylic oxidation sites excluding steroid dienone is 3. The molecule has 170 valence electrons. The van der Waals surface area contributed by atoms with E-state index in [1.165, 1.54) is 23.3 Å². The summed E-state index contributed by atoms with van der Waals surface area (Å²) >= 11 is 1.34. The Kier molecular flexibility index (Phi) is 9.90. The maximum atomic E-state index is 12.3. The first-order valence-corrected chi connectivity index (χ1v) is 11.2. The Morgan fingerprint density at radius 3 is 2.61 bits per heavy atom. The molecule has 1 aliphatic carbocycles. The molecule has 1 aromatic heterocycles. The number of hydrogen-bond donors (Lipinski definition) is 4. The summed E-state index contributed by atoms with van der Waals surface area (Å²) in [6.07, 6.45) is 4.64. The highest BCUT2D eigenvalue weighted by atomic mass is 32.1. The second-order valence-electron chi connectivity index (χ2n) is 7.63. The van der Waals surface area contributed by atoms with Crippen molar-refractivity contribution in [2.75, 3.05) is 26.7 Å². The average Bonchev–Trinajstić information content (AvgIpc) is 3.31. The van der Waals surface area contributed by atoms with E-state index in [1.807, 2.05) is 11.5 Å². The molecular weight excluding hydrogens is 418 g/mol. The average molecular weight is 450 g/mol. The fourth-order valence-electron chi connectivity index (χ4n) is 2.97. The van der Waals surface area contributed by atoms with E-state index in [1.54, 1.807) is 12.1 Å². The number of carbonyl (C=O) groups is 3. The second-order valence-corrected chi connectivity index (χ2v) is 8.58. The Balaban J connectivity index is 1.66. The van der Waals surface area contributed by atoms with E-state index >= 15 is 0 Å². The number of aliphatic hydroxyl groups is 2. The van der Waals surface area contributed by atoms with Crippen LogP contribution in [0.25, 0.3) is 0 Å². The van der Waals surface area contributed by atoms with Crippen LogP contribution >= 0.6 is 11.3 Å². The molecule has 31 heavy (non-hydrogen) atoms. The van der Waals surface area contributed by atoms with Crippen LogP contribution < -0.4 is 10.6 Å². The third-order valence-corrected chi connectivity index (χ3v) is 5.88. The van der Waals surface area contributed by atoms with Gasteiger partial charge in [-0.3, -0.25) is 14.4 Å². The molecule has 1 heterocycles. The third-order valence-electron chi connectivity index (χ3n) is 5.01. The number of hydrogen-bond acceptors (Lipinski definition) is 6. The minimum Gasteiger partial charge on any atom is -0.380 e. The molecule has 1 aliphatic rings. The minimum atomic E-state index is -1.86. The van der Waals surface area contributed by atoms with Crippen LogP contribution in [-0.4, -0.2) is 71.7 Å². The highest BCUT2D eigenvalue weighted by Crippen LogP contribution is 2.18. The standard InChI is InChI=1S/C22H31N3O5S/c1-15-6-8-16(9-7-15)10-13-25(2)22(30)19(27)18(26)21(29)24-12-4-11-23-20(28)17-5-3-14-31-17/h3,5-6,8-9,14-15,18-19,26-27H,4,7,10-13H2,1-2H3,(H,23,28)(H,24,29)/t15?,18-,19-/m1/s1. The lowest BCUT2D eigenvalue weighted by Crippen LogP contribution is -2.50. The van der Waals surface area contributed by atoms with Gasteiger partial charge in [0.1, 0.15) is 0 Å². The molecule has 0 aliphatic heterocycles. The molecule has 0 spiro atoms. The summed E-state index contributed by atoms with van der Waals surface area (Å²) in [5.74, 6) is -1.21. The number of aliphatic hydroxyl groups excluding tert-OH is 2. The van der Waals surface area contributed by atoms with Crippen LogP contribution in [0.5, 0.6) is 0 Å². The number of thiophene rings is 1. The van der Waals surface area contributed by atoms with Gasteiger partial charge >= 0.3 is 0 Å². The van der Waals surface area contributed by atoms with E-state index < -0.39 is 24.0 Å². The maximum Gasteiger partial charge on any atom is 0.261 e. The summed E-state index contributed by atoms with van der Waals surface area (Å²) < 4.78 is 0. The number of amides is 3. The first-order valence-electron chi connectivity index (χ1n) is 10.4. The largest absolute Gasteiger partial charge is 0.380 e. The van der Waals surface area contributed by atoms with Crippen molar-refractivity contribution in [2.24, 2.45) is 5.92 Å². The molecule has 0 fully saturated rings. The smallest absolute Gasteiger partial charge is 0.261 e. The highest BCUT2D eigenvalue weighted by molar-refractivity contribution is 7.12. The lowest BCUT2D eigenvalue weighted by molar-refractivity contribution is -0.152. The zero-order valence-electron chi connectivity index (χ0n) is 17.9. The van der Waals surface area contributed by atoms with Crippen molar-refractivity contribution in [3.8, 4) is 0 Å². The molecule has 0 saturated heterocycles. The van der Waals surface area contributed by atoms with Gasteiger partial charge in [-0.2, -0.15) is 0 Å². The Bertz CT molecular complexity index is 806. The number of nitrogens with zero attached hydrogens (tertiary/aromatic N) is 1. The molecule has 8 nitrogen and oxygen atoms in total. The summed E-state index contributed by atoms with van der Waals surface area (Å²) in [6, 6.07) is 3.51. The molecule has 3 amide bonds. The number of rotatable bonds is 11. The Labute approximate surface area is 186 Å². The Hall–Kier alpha value is -2.49. The van der Waals surface area contributed by atoms with Gasteiger partial charge in [0.05, 0.1) is 4.88 Å². The van der Waals surface area contributed by atoms with Crippen molar-refractivity contribution >= 4 is 29.1 Å². The highest BCUT2D eigenvalue weighted by Gasteiger charge is 2.32. The van der Waals surface area contributed by atoms with Crippen LogP contribution in [-0.2, 0) is 9.59 Å². The van der Waals surface area contributed by atoms with Crippen molar-refractivity contribution in [1.29, 1.82) is 0 Å². The van der Waals surface area contributed by atoms with E-state index in [2.05, 4.69) is 29.7 Å². The van der Waals surface area contributed by atoms with E-state index in [4.69, 9.17) is 0 Å². The van der Waals surface area contributed by atoms with Gasteiger partial charge in [-0.25, -0.2) is 0 Å². The van der Waals surface area contributed by atoms with Crippen LogP contribution in [0.1, 0.15) is 35.9 Å². The SMILES string of the molecule is CC1C=CC(CCN(C)C(=O)[C@H](O)[C@@H](O)C(=O)NCCCNC(=O)c2cccs2)=CC1. The zero-order chi connectivity index (χ0) is 22.8. The van der Waals surface area contributed by atoms with E-state index in [-0.39, 0.29) is 12.5 Å². The molecule has 1 aromatic rings. The maximum absolute atomic E-state index is 12.3. The van der Waals surface area contributed by atoms with E-state index in [9.17, 15) is 24.6 Å². The molecule has 9 heteroatoms. The quantitative estimate of drug-likeness (QED) is 0.377. The molecule has 0 aromatic carbocycles. The molecule has 0 saturated carbocycles. The monoisotopic (exact) mass is 449 g/mol. The predicted octanol–water partition coefficient (Wildman–Crippen LogP) is 1.08. The molecule has 0 bridgehead atoms. The lowest BCUT2D eigenvalue weighted by Gasteiger charge is -2.24. The van der Waals surface area contributed by atoms with Gasteiger partial charge in [-0.15, -0.1) is 11.3 Å². The lowest BCUT2D eigenvalue weighted by atomic mass is 9.97. The van der Waals surface area contributed by atoms with Crippen LogP contribution in [0.3, 0.4) is 0 Å². The summed E-state index contributed by atoms with van der Waals surface area (Å²) in [6.45, 7) is 3.04. The summed E-state index contributed by atoms with van der Waals surface area (Å²) in [5, 5.41) is 27.1. The molecule has 2 rings (SSSR count). The number of carbonyl (C=O) groups excluding carboxylic acids is 3. The fraction of sp³-hybridized carbons (Fsp3) is 0.500. The Morgan fingerprint density at radius 2 is 1.97 bits per heavy atom. The fourth-order valence-corrected chi connectivity index (χ4v) is 3.61.